The van der Waals surface area contributed by atoms with Crippen LogP contribution in [0.3, 0.4) is 0 Å². The molecule has 1 aliphatic rings. The molecule has 0 atom stereocenters. The molecule has 1 aromatic heterocycles. The predicted octanol–water partition coefficient (Wildman–Crippen LogP) is 2.40. The van der Waals surface area contributed by atoms with Crippen molar-refractivity contribution in [1.82, 2.24) is 15.2 Å². The van der Waals surface area contributed by atoms with Gasteiger partial charge in [-0.1, -0.05) is 28.9 Å². The van der Waals surface area contributed by atoms with Crippen LogP contribution >= 0.6 is 11.6 Å². The molecule has 5 nitrogen and oxygen atoms in total. The van der Waals surface area contributed by atoms with Crippen molar-refractivity contribution in [1.29, 1.82) is 0 Å². The van der Waals surface area contributed by atoms with Crippen LogP contribution in [0.2, 0.25) is 5.02 Å². The third-order valence-electron chi connectivity index (χ3n) is 3.93. The molecule has 0 N–H and O–H groups in total. The monoisotopic (exact) mass is 306 g/mol. The van der Waals surface area contributed by atoms with E-state index in [1.807, 2.05) is 19.1 Å². The number of benzene rings is 1. The van der Waals surface area contributed by atoms with Crippen molar-refractivity contribution in [2.24, 2.45) is 0 Å². The van der Waals surface area contributed by atoms with Gasteiger partial charge in [-0.05, 0) is 36.2 Å². The van der Waals surface area contributed by atoms with Gasteiger partial charge in [0.15, 0.2) is 5.82 Å². The lowest BCUT2D eigenvalue weighted by Crippen LogP contribution is -2.47. The smallest absolute Gasteiger partial charge is 0.196 e. The van der Waals surface area contributed by atoms with Crippen molar-refractivity contribution in [2.45, 2.75) is 13.3 Å². The van der Waals surface area contributed by atoms with Crippen LogP contribution in [0.5, 0.6) is 0 Å². The predicted molar refractivity (Wildman–Crippen MR) is 82.8 cm³/mol. The molecule has 2 heterocycles. The Morgan fingerprint density at radius 2 is 1.81 bits per heavy atom. The van der Waals surface area contributed by atoms with Crippen LogP contribution in [0.1, 0.15) is 11.3 Å². The first-order chi connectivity index (χ1) is 10.2. The molecule has 0 unspecified atom stereocenters. The Hall–Kier alpha value is -1.59. The van der Waals surface area contributed by atoms with Gasteiger partial charge >= 0.3 is 0 Å². The second kappa shape index (κ2) is 6.45. The standard InChI is InChI=1S/C15H19ClN4O/c1-12-15(18-21-17-12)20-10-8-19(9-11-20)7-6-13-2-4-14(16)5-3-13/h2-5H,6-11H2,1H3. The number of aryl methyl sites for hydroxylation is 1. The number of hydrogen-bond acceptors (Lipinski definition) is 5. The first kappa shape index (κ1) is 14.4. The molecule has 3 rings (SSSR count). The number of halogens is 1. The molecule has 0 bridgehead atoms. The molecule has 112 valence electrons. The van der Waals surface area contributed by atoms with Gasteiger partial charge in [0.2, 0.25) is 0 Å². The van der Waals surface area contributed by atoms with Crippen LogP contribution in [-0.4, -0.2) is 47.9 Å². The lowest BCUT2D eigenvalue weighted by molar-refractivity contribution is 0.257. The normalized spacial score (nSPS) is 16.4. The second-order valence-corrected chi connectivity index (χ2v) is 5.81. The van der Waals surface area contributed by atoms with Crippen LogP contribution < -0.4 is 4.90 Å². The first-order valence-corrected chi connectivity index (χ1v) is 7.61. The topological polar surface area (TPSA) is 45.4 Å². The third kappa shape index (κ3) is 3.54. The minimum absolute atomic E-state index is 0.795. The van der Waals surface area contributed by atoms with E-state index in [1.54, 1.807) is 0 Å². The largest absolute Gasteiger partial charge is 0.350 e. The number of piperazine rings is 1. The van der Waals surface area contributed by atoms with Crippen molar-refractivity contribution in [3.8, 4) is 0 Å². The average Bonchev–Trinajstić information content (AvgIpc) is 2.93. The van der Waals surface area contributed by atoms with Crippen LogP contribution in [0.15, 0.2) is 28.9 Å². The highest BCUT2D eigenvalue weighted by molar-refractivity contribution is 6.30. The summed E-state index contributed by atoms with van der Waals surface area (Å²) in [5.74, 6) is 0.882. The van der Waals surface area contributed by atoms with Gasteiger partial charge in [-0.25, -0.2) is 4.63 Å². The quantitative estimate of drug-likeness (QED) is 0.868. The Bertz CT molecular complexity index is 576. The highest BCUT2D eigenvalue weighted by Gasteiger charge is 2.20. The molecule has 0 amide bonds. The molecule has 1 aromatic carbocycles. The Labute approximate surface area is 129 Å². The van der Waals surface area contributed by atoms with Crippen LogP contribution in [0, 0.1) is 6.92 Å². The van der Waals surface area contributed by atoms with Gasteiger partial charge in [-0.3, -0.25) is 4.90 Å². The zero-order valence-corrected chi connectivity index (χ0v) is 12.9. The maximum absolute atomic E-state index is 5.90. The fraction of sp³-hybridized carbons (Fsp3) is 0.467. The van der Waals surface area contributed by atoms with Crippen molar-refractivity contribution in [3.05, 3.63) is 40.5 Å². The van der Waals surface area contributed by atoms with Gasteiger partial charge < -0.3 is 4.90 Å². The summed E-state index contributed by atoms with van der Waals surface area (Å²) in [6, 6.07) is 8.11. The number of aromatic nitrogens is 2. The van der Waals surface area contributed by atoms with Gasteiger partial charge in [0.25, 0.3) is 0 Å². The minimum Gasteiger partial charge on any atom is -0.350 e. The summed E-state index contributed by atoms with van der Waals surface area (Å²) in [5, 5.41) is 8.61. The third-order valence-corrected chi connectivity index (χ3v) is 4.18. The van der Waals surface area contributed by atoms with Gasteiger partial charge in [-0.15, -0.1) is 0 Å². The fourth-order valence-electron chi connectivity index (χ4n) is 2.64. The Morgan fingerprint density at radius 1 is 1.10 bits per heavy atom. The first-order valence-electron chi connectivity index (χ1n) is 7.23. The Balaban J connectivity index is 1.48. The highest BCUT2D eigenvalue weighted by Crippen LogP contribution is 2.17. The van der Waals surface area contributed by atoms with Crippen LogP contribution in [0.4, 0.5) is 5.82 Å². The van der Waals surface area contributed by atoms with E-state index < -0.39 is 0 Å². The highest BCUT2D eigenvalue weighted by atomic mass is 35.5. The van der Waals surface area contributed by atoms with Crippen molar-refractivity contribution in [2.75, 3.05) is 37.6 Å². The van der Waals surface area contributed by atoms with E-state index >= 15 is 0 Å². The summed E-state index contributed by atoms with van der Waals surface area (Å²) in [5.41, 5.74) is 2.20. The van der Waals surface area contributed by atoms with Crippen molar-refractivity contribution in [3.63, 3.8) is 0 Å². The Morgan fingerprint density at radius 3 is 2.43 bits per heavy atom. The summed E-state index contributed by atoms with van der Waals surface area (Å²) in [7, 11) is 0. The van der Waals surface area contributed by atoms with E-state index in [9.17, 15) is 0 Å². The second-order valence-electron chi connectivity index (χ2n) is 5.38. The summed E-state index contributed by atoms with van der Waals surface area (Å²) >= 11 is 5.90. The SMILES string of the molecule is Cc1nonc1N1CCN(CCc2ccc(Cl)cc2)CC1. The lowest BCUT2D eigenvalue weighted by atomic mass is 10.1. The zero-order chi connectivity index (χ0) is 14.7. The van der Waals surface area contributed by atoms with Gasteiger partial charge in [0.1, 0.15) is 5.69 Å². The van der Waals surface area contributed by atoms with Gasteiger partial charge in [-0.2, -0.15) is 0 Å². The van der Waals surface area contributed by atoms with E-state index in [2.05, 4.69) is 32.2 Å². The zero-order valence-electron chi connectivity index (χ0n) is 12.1. The summed E-state index contributed by atoms with van der Waals surface area (Å²) in [6.45, 7) is 7.02. The molecule has 0 saturated carbocycles. The molecular weight excluding hydrogens is 288 g/mol. The van der Waals surface area contributed by atoms with Gasteiger partial charge in [0.05, 0.1) is 0 Å². The fourth-order valence-corrected chi connectivity index (χ4v) is 2.76. The number of hydrogen-bond donors (Lipinski definition) is 0. The maximum atomic E-state index is 5.90. The summed E-state index contributed by atoms with van der Waals surface area (Å²) in [6.07, 6.45) is 1.06. The lowest BCUT2D eigenvalue weighted by Gasteiger charge is -2.34. The average molecular weight is 307 g/mol. The van der Waals surface area contributed by atoms with E-state index in [1.165, 1.54) is 5.56 Å². The van der Waals surface area contributed by atoms with Crippen molar-refractivity contribution >= 4 is 17.4 Å². The van der Waals surface area contributed by atoms with Gasteiger partial charge in [0, 0.05) is 37.7 Å². The summed E-state index contributed by atoms with van der Waals surface area (Å²) < 4.78 is 4.77. The number of rotatable bonds is 4. The molecule has 1 aliphatic heterocycles. The van der Waals surface area contributed by atoms with E-state index in [4.69, 9.17) is 16.2 Å². The Kier molecular flexibility index (Phi) is 4.41. The van der Waals surface area contributed by atoms with Crippen molar-refractivity contribution < 1.29 is 4.63 Å². The molecule has 1 fully saturated rings. The molecule has 2 aromatic rings. The molecule has 6 heteroatoms. The van der Waals surface area contributed by atoms with Crippen LogP contribution in [-0.2, 0) is 6.42 Å². The molecule has 0 radical (unpaired) electrons. The minimum atomic E-state index is 0.795. The van der Waals surface area contributed by atoms with E-state index in [0.717, 1.165) is 55.7 Å². The number of anilines is 1. The van der Waals surface area contributed by atoms with E-state index in [-0.39, 0.29) is 0 Å². The van der Waals surface area contributed by atoms with Crippen LogP contribution in [0.25, 0.3) is 0 Å². The molecule has 0 spiro atoms. The molecular formula is C15H19ClN4O. The maximum Gasteiger partial charge on any atom is 0.196 e. The van der Waals surface area contributed by atoms with E-state index in [0.29, 0.717) is 0 Å². The number of nitrogens with zero attached hydrogens (tertiary/aromatic N) is 4. The summed E-state index contributed by atoms with van der Waals surface area (Å²) in [4.78, 5) is 4.72. The molecule has 1 saturated heterocycles. The molecule has 21 heavy (non-hydrogen) atoms. The molecule has 0 aliphatic carbocycles.